The number of rotatable bonds is 11. The fourth-order valence-corrected chi connectivity index (χ4v) is 5.36. The molecular weight excluding hydrogens is 512 g/mol. The largest absolute Gasteiger partial charge is 0.394 e. The molecule has 0 spiro atoms. The minimum absolute atomic E-state index is 0.158. The van der Waals surface area contributed by atoms with Gasteiger partial charge in [-0.25, -0.2) is 9.97 Å². The van der Waals surface area contributed by atoms with E-state index in [4.69, 9.17) is 4.98 Å². The van der Waals surface area contributed by atoms with Crippen molar-refractivity contribution in [2.45, 2.75) is 58.2 Å². The Morgan fingerprint density at radius 3 is 2.67 bits per heavy atom. The molecule has 0 aromatic carbocycles. The lowest BCUT2D eigenvalue weighted by molar-refractivity contribution is 0.0901. The molecule has 1 atom stereocenters. The maximum absolute atomic E-state index is 13.5. The first-order valence-electron chi connectivity index (χ1n) is 13.4. The van der Waals surface area contributed by atoms with Crippen LogP contribution in [-0.4, -0.2) is 50.0 Å². The van der Waals surface area contributed by atoms with Gasteiger partial charge in [-0.3, -0.25) is 14.0 Å². The molecule has 4 aromatic rings. The molecule has 0 unspecified atom stereocenters. The third-order valence-electron chi connectivity index (χ3n) is 6.95. The summed E-state index contributed by atoms with van der Waals surface area (Å²) < 4.78 is 1.66. The summed E-state index contributed by atoms with van der Waals surface area (Å²) in [6, 6.07) is 9.36. The maximum atomic E-state index is 13.5. The van der Waals surface area contributed by atoms with Crippen molar-refractivity contribution in [1.29, 1.82) is 0 Å². The summed E-state index contributed by atoms with van der Waals surface area (Å²) in [6.07, 6.45) is 7.76. The summed E-state index contributed by atoms with van der Waals surface area (Å²) in [4.78, 5) is 36.0. The topological polar surface area (TPSA) is 121 Å². The monoisotopic (exact) mass is 546 g/mol. The second-order valence-corrected chi connectivity index (χ2v) is 11.2. The van der Waals surface area contributed by atoms with Gasteiger partial charge in [0.1, 0.15) is 17.2 Å². The molecule has 204 valence electrons. The average Bonchev–Trinajstić information content (AvgIpc) is 3.57. The standard InChI is InChI=1S/C29H34N6O3S/c1-18(2)13-22(16-36)33-29(38)26-25(20-10-12-39-17-20)34-27-23(7-4-11-35(26)27)28(37)31-15-19-8-9-24(30-14-19)32-21-5-3-6-21/h4,7-12,14,17-18,21-22,36H,3,5-6,13,15-16H2,1-2H3,(H,30,32)(H,31,37)(H,33,38)/t22-/m0/s1. The number of amides is 2. The molecule has 9 nitrogen and oxygen atoms in total. The summed E-state index contributed by atoms with van der Waals surface area (Å²) in [5, 5.41) is 23.0. The van der Waals surface area contributed by atoms with Gasteiger partial charge in [0.2, 0.25) is 0 Å². The molecule has 1 saturated carbocycles. The second kappa shape index (κ2) is 12.0. The highest BCUT2D eigenvalue weighted by molar-refractivity contribution is 7.08. The molecule has 4 aromatic heterocycles. The number of hydrogen-bond donors (Lipinski definition) is 4. The Morgan fingerprint density at radius 1 is 1.18 bits per heavy atom. The molecule has 0 radical (unpaired) electrons. The number of aromatic nitrogens is 3. The van der Waals surface area contributed by atoms with Crippen molar-refractivity contribution in [2.24, 2.45) is 5.92 Å². The Kier molecular flexibility index (Phi) is 8.23. The molecule has 4 heterocycles. The predicted molar refractivity (Wildman–Crippen MR) is 153 cm³/mol. The van der Waals surface area contributed by atoms with Crippen LogP contribution in [0.2, 0.25) is 0 Å². The minimum Gasteiger partial charge on any atom is -0.394 e. The third-order valence-corrected chi connectivity index (χ3v) is 7.63. The highest BCUT2D eigenvalue weighted by atomic mass is 32.1. The van der Waals surface area contributed by atoms with Gasteiger partial charge in [0.25, 0.3) is 11.8 Å². The second-order valence-electron chi connectivity index (χ2n) is 10.4. The van der Waals surface area contributed by atoms with Crippen LogP contribution in [0.5, 0.6) is 0 Å². The van der Waals surface area contributed by atoms with Gasteiger partial charge in [-0.15, -0.1) is 0 Å². The molecule has 0 saturated heterocycles. The van der Waals surface area contributed by atoms with Gasteiger partial charge in [0.05, 0.1) is 18.2 Å². The number of aliphatic hydroxyl groups is 1. The SMILES string of the molecule is CC(C)C[C@@H](CO)NC(=O)c1c(-c2ccsc2)nc2c(C(=O)NCc3ccc(NC4CCC4)nc3)cccn12. The van der Waals surface area contributed by atoms with Crippen molar-refractivity contribution in [3.8, 4) is 11.3 Å². The van der Waals surface area contributed by atoms with Crippen LogP contribution in [0.1, 0.15) is 65.9 Å². The van der Waals surface area contributed by atoms with E-state index in [1.54, 1.807) is 28.9 Å². The maximum Gasteiger partial charge on any atom is 0.270 e. The van der Waals surface area contributed by atoms with Gasteiger partial charge in [-0.2, -0.15) is 11.3 Å². The van der Waals surface area contributed by atoms with Crippen LogP contribution in [0.3, 0.4) is 0 Å². The van der Waals surface area contributed by atoms with Crippen LogP contribution >= 0.6 is 11.3 Å². The zero-order valence-electron chi connectivity index (χ0n) is 22.2. The van der Waals surface area contributed by atoms with Gasteiger partial charge in [-0.1, -0.05) is 19.9 Å². The number of thiophene rings is 1. The molecule has 1 aliphatic rings. The van der Waals surface area contributed by atoms with Crippen LogP contribution in [0.25, 0.3) is 16.9 Å². The number of hydrogen-bond acceptors (Lipinski definition) is 7. The number of pyridine rings is 2. The average molecular weight is 547 g/mol. The lowest BCUT2D eigenvalue weighted by Crippen LogP contribution is -2.39. The van der Waals surface area contributed by atoms with Gasteiger partial charge in [0.15, 0.2) is 5.65 Å². The first-order valence-corrected chi connectivity index (χ1v) is 14.3. The normalized spacial score (nSPS) is 14.3. The van der Waals surface area contributed by atoms with E-state index in [1.807, 2.05) is 42.8 Å². The first-order chi connectivity index (χ1) is 18.9. The molecule has 39 heavy (non-hydrogen) atoms. The molecule has 5 rings (SSSR count). The third kappa shape index (κ3) is 6.12. The zero-order chi connectivity index (χ0) is 27.4. The molecule has 1 fully saturated rings. The minimum atomic E-state index is -0.381. The number of imidazole rings is 1. The Labute approximate surface area is 231 Å². The highest BCUT2D eigenvalue weighted by Crippen LogP contribution is 2.28. The van der Waals surface area contributed by atoms with E-state index in [0.29, 0.717) is 47.5 Å². The summed E-state index contributed by atoms with van der Waals surface area (Å²) >= 11 is 1.51. The molecule has 10 heteroatoms. The Morgan fingerprint density at radius 2 is 2.03 bits per heavy atom. The number of carbonyl (C=O) groups excluding carboxylic acids is 2. The van der Waals surface area contributed by atoms with E-state index in [9.17, 15) is 14.7 Å². The molecule has 2 amide bonds. The lowest BCUT2D eigenvalue weighted by Gasteiger charge is -2.26. The van der Waals surface area contributed by atoms with E-state index in [0.717, 1.165) is 16.9 Å². The van der Waals surface area contributed by atoms with E-state index < -0.39 is 0 Å². The molecule has 1 aliphatic carbocycles. The number of nitrogens with one attached hydrogen (secondary N) is 3. The van der Waals surface area contributed by atoms with Gasteiger partial charge >= 0.3 is 0 Å². The van der Waals surface area contributed by atoms with Crippen LogP contribution in [-0.2, 0) is 6.54 Å². The summed E-state index contributed by atoms with van der Waals surface area (Å²) in [5.74, 6) is 0.518. The van der Waals surface area contributed by atoms with Crippen LogP contribution < -0.4 is 16.0 Å². The van der Waals surface area contributed by atoms with Crippen molar-refractivity contribution < 1.29 is 14.7 Å². The summed E-state index contributed by atoms with van der Waals surface area (Å²) in [5.41, 5.74) is 3.27. The number of carbonyl (C=O) groups is 2. The molecular formula is C29H34N6O3S. The van der Waals surface area contributed by atoms with E-state index in [-0.39, 0.29) is 24.5 Å². The van der Waals surface area contributed by atoms with E-state index in [1.165, 1.54) is 30.6 Å². The van der Waals surface area contributed by atoms with Crippen molar-refractivity contribution in [3.63, 3.8) is 0 Å². The molecule has 0 bridgehead atoms. The summed E-state index contributed by atoms with van der Waals surface area (Å²) in [6.45, 7) is 4.24. The van der Waals surface area contributed by atoms with Crippen molar-refractivity contribution in [3.05, 3.63) is 70.3 Å². The summed E-state index contributed by atoms with van der Waals surface area (Å²) in [7, 11) is 0. The molecule has 4 N–H and O–H groups in total. The Balaban J connectivity index is 1.38. The number of aliphatic hydroxyl groups excluding tert-OH is 1. The predicted octanol–water partition coefficient (Wildman–Crippen LogP) is 4.49. The first kappa shape index (κ1) is 26.8. The zero-order valence-corrected chi connectivity index (χ0v) is 23.0. The van der Waals surface area contributed by atoms with Gasteiger partial charge in [0, 0.05) is 35.9 Å². The van der Waals surface area contributed by atoms with Gasteiger partial charge in [-0.05, 0) is 66.8 Å². The number of anilines is 1. The van der Waals surface area contributed by atoms with Crippen LogP contribution in [0.4, 0.5) is 5.82 Å². The van der Waals surface area contributed by atoms with E-state index >= 15 is 0 Å². The smallest absolute Gasteiger partial charge is 0.270 e. The van der Waals surface area contributed by atoms with E-state index in [2.05, 4.69) is 20.9 Å². The van der Waals surface area contributed by atoms with Crippen molar-refractivity contribution in [1.82, 2.24) is 25.0 Å². The quantitative estimate of drug-likeness (QED) is 0.220. The number of nitrogens with zero attached hydrogens (tertiary/aromatic N) is 3. The fourth-order valence-electron chi connectivity index (χ4n) is 4.72. The highest BCUT2D eigenvalue weighted by Gasteiger charge is 2.26. The van der Waals surface area contributed by atoms with Crippen LogP contribution in [0.15, 0.2) is 53.5 Å². The van der Waals surface area contributed by atoms with Crippen molar-refractivity contribution >= 4 is 34.6 Å². The fraction of sp³-hybridized carbons (Fsp3) is 0.379. The molecule has 0 aliphatic heterocycles. The lowest BCUT2D eigenvalue weighted by atomic mass is 9.93. The Hall–Kier alpha value is -3.76. The van der Waals surface area contributed by atoms with Crippen molar-refractivity contribution in [2.75, 3.05) is 11.9 Å². The van der Waals surface area contributed by atoms with Gasteiger partial charge < -0.3 is 21.1 Å². The number of fused-ring (bicyclic) bond motifs is 1. The Bertz CT molecular complexity index is 1430. The van der Waals surface area contributed by atoms with Crippen LogP contribution in [0, 0.1) is 5.92 Å².